The molecule has 0 saturated carbocycles. The van der Waals surface area contributed by atoms with Crippen LogP contribution in [0.1, 0.15) is 71.4 Å². The molecule has 0 fully saturated rings. The molecule has 0 bridgehead atoms. The average Bonchev–Trinajstić information content (AvgIpc) is 3.05. The van der Waals surface area contributed by atoms with Crippen LogP contribution in [-0.4, -0.2) is 54.9 Å². The lowest BCUT2D eigenvalue weighted by Crippen LogP contribution is -2.53. The van der Waals surface area contributed by atoms with Gasteiger partial charge in [0.1, 0.15) is 17.1 Å². The number of phenolic OH excluding ortho intramolecular Hbond substituents is 1. The summed E-state index contributed by atoms with van der Waals surface area (Å²) in [5.41, 5.74) is -2.40. The number of alkyl halides is 3. The maximum Gasteiger partial charge on any atom is 0.432 e. The summed E-state index contributed by atoms with van der Waals surface area (Å²) in [4.78, 5) is 38.5. The van der Waals surface area contributed by atoms with E-state index >= 15 is 0 Å². The number of methoxy groups -OCH3 is 2. The third-order valence-electron chi connectivity index (χ3n) is 8.04. The Labute approximate surface area is 292 Å². The summed E-state index contributed by atoms with van der Waals surface area (Å²) >= 11 is 0. The van der Waals surface area contributed by atoms with E-state index in [1.165, 1.54) is 50.4 Å². The molecular weight excluding hydrogens is 653 g/mol. The van der Waals surface area contributed by atoms with Crippen molar-refractivity contribution in [1.82, 2.24) is 0 Å². The smallest absolute Gasteiger partial charge is 0.432 e. The van der Waals surface area contributed by atoms with Crippen LogP contribution >= 0.6 is 0 Å². The van der Waals surface area contributed by atoms with Crippen molar-refractivity contribution in [3.63, 3.8) is 0 Å². The molecule has 1 N–H and O–H groups in total. The third kappa shape index (κ3) is 11.2. The molecule has 2 aromatic carbocycles. The average molecular weight is 701 g/mol. The van der Waals surface area contributed by atoms with Gasteiger partial charge >= 0.3 is 18.1 Å². The molecule has 0 aromatic heterocycles. The number of Topliss-reactive ketones (excluding diaryl/α,β-unsaturated/α-hetero) is 1. The third-order valence-corrected chi connectivity index (χ3v) is 8.04. The van der Waals surface area contributed by atoms with Gasteiger partial charge in [-0.1, -0.05) is 60.2 Å². The molecule has 50 heavy (non-hydrogen) atoms. The number of phenols is 1. The molecule has 272 valence electrons. The number of benzene rings is 2. The molecule has 0 heterocycles. The molecule has 11 heteroatoms. The van der Waals surface area contributed by atoms with E-state index in [0.717, 1.165) is 24.8 Å². The lowest BCUT2D eigenvalue weighted by molar-refractivity contribution is -0.277. The Balaban J connectivity index is 2.12. The van der Waals surface area contributed by atoms with Crippen molar-refractivity contribution < 1.29 is 51.6 Å². The summed E-state index contributed by atoms with van der Waals surface area (Å²) in [6.45, 7) is 12.5. The van der Waals surface area contributed by atoms with Crippen LogP contribution in [0.15, 0.2) is 96.1 Å². The van der Waals surface area contributed by atoms with Gasteiger partial charge in [0.05, 0.1) is 13.5 Å². The van der Waals surface area contributed by atoms with Crippen LogP contribution in [0.3, 0.4) is 0 Å². The fourth-order valence-electron chi connectivity index (χ4n) is 5.08. The highest BCUT2D eigenvalue weighted by molar-refractivity contribution is 6.01. The maximum atomic E-state index is 14.4. The minimum absolute atomic E-state index is 0.00721. The minimum Gasteiger partial charge on any atom is -0.508 e. The Morgan fingerprint density at radius 2 is 1.62 bits per heavy atom. The van der Waals surface area contributed by atoms with Crippen molar-refractivity contribution in [2.24, 2.45) is 0 Å². The number of carbonyl (C=O) groups is 3. The molecule has 0 saturated heterocycles. The van der Waals surface area contributed by atoms with E-state index in [1.54, 1.807) is 32.1 Å². The first-order chi connectivity index (χ1) is 23.4. The van der Waals surface area contributed by atoms with Crippen molar-refractivity contribution in [1.29, 1.82) is 0 Å². The molecule has 0 aliphatic carbocycles. The first-order valence-corrected chi connectivity index (χ1v) is 16.0. The van der Waals surface area contributed by atoms with Crippen molar-refractivity contribution in [2.45, 2.75) is 90.2 Å². The topological polar surface area (TPSA) is 108 Å². The van der Waals surface area contributed by atoms with Crippen molar-refractivity contribution in [2.75, 3.05) is 14.2 Å². The van der Waals surface area contributed by atoms with Crippen LogP contribution < -0.4 is 4.74 Å². The second kappa shape index (κ2) is 18.4. The molecule has 8 nitrogen and oxygen atoms in total. The van der Waals surface area contributed by atoms with Crippen LogP contribution in [0, 0.1) is 0 Å². The molecule has 0 spiro atoms. The zero-order valence-corrected chi connectivity index (χ0v) is 29.7. The predicted molar refractivity (Wildman–Crippen MR) is 185 cm³/mol. The Hall–Kier alpha value is -4.64. The highest BCUT2D eigenvalue weighted by Crippen LogP contribution is 2.43. The van der Waals surface area contributed by atoms with Gasteiger partial charge < -0.3 is 24.1 Å². The summed E-state index contributed by atoms with van der Waals surface area (Å²) in [6.07, 6.45) is 2.00. The van der Waals surface area contributed by atoms with Crippen LogP contribution in [-0.2, 0) is 40.6 Å². The number of hydrogen-bond donors (Lipinski definition) is 1. The number of hydrogen-bond acceptors (Lipinski definition) is 8. The van der Waals surface area contributed by atoms with Crippen molar-refractivity contribution in [3.05, 3.63) is 107 Å². The first kappa shape index (κ1) is 41.5. The standard InChI is InChI=1S/C39H47F3O8/c1-9-37(6,50-32-21-20-31(43)24-29(32)25-34(44)47-7)22-14-16-27(4)15-13-17-28(5)35(45)33(23-26(2)3)49-36(46)38(48-8,39(40,41)42)30-18-11-10-12-19-30/h9-12,16-21,23-24,33,43H,1,13-15,22,25H2,2-8H3/b27-16+,28-17+/t33-,37?,38+/m0/s1. The molecule has 1 unspecified atom stereocenters. The number of aromatic hydroxyl groups is 1. The largest absolute Gasteiger partial charge is 0.508 e. The van der Waals surface area contributed by atoms with Gasteiger partial charge in [-0.15, -0.1) is 0 Å². The first-order valence-electron chi connectivity index (χ1n) is 16.0. The molecule has 2 aromatic rings. The summed E-state index contributed by atoms with van der Waals surface area (Å²) in [5, 5.41) is 9.89. The number of carbonyl (C=O) groups excluding carboxylic acids is 3. The minimum atomic E-state index is -5.18. The van der Waals surface area contributed by atoms with Gasteiger partial charge in [0, 0.05) is 18.2 Å². The fourth-order valence-corrected chi connectivity index (χ4v) is 5.08. The number of halogens is 3. The Morgan fingerprint density at radius 1 is 0.960 bits per heavy atom. The molecule has 0 radical (unpaired) electrons. The molecule has 2 rings (SSSR count). The normalized spacial score (nSPS) is 15.2. The number of ether oxygens (including phenoxy) is 4. The van der Waals surface area contributed by atoms with Crippen LogP contribution in [0.5, 0.6) is 11.5 Å². The maximum absolute atomic E-state index is 14.4. The van der Waals surface area contributed by atoms with Gasteiger partial charge in [-0.2, -0.15) is 13.2 Å². The van der Waals surface area contributed by atoms with Crippen LogP contribution in [0.4, 0.5) is 13.2 Å². The van der Waals surface area contributed by atoms with Gasteiger partial charge in [0.2, 0.25) is 5.78 Å². The lowest BCUT2D eigenvalue weighted by Gasteiger charge is -2.33. The fraction of sp³-hybridized carbons (Fsp3) is 0.410. The Bertz CT molecular complexity index is 1590. The van der Waals surface area contributed by atoms with E-state index in [-0.39, 0.29) is 17.7 Å². The number of rotatable bonds is 18. The van der Waals surface area contributed by atoms with E-state index in [1.807, 2.05) is 19.9 Å². The van der Waals surface area contributed by atoms with E-state index < -0.39 is 46.8 Å². The van der Waals surface area contributed by atoms with Gasteiger partial charge in [0.15, 0.2) is 6.10 Å². The van der Waals surface area contributed by atoms with Gasteiger partial charge in [0.25, 0.3) is 5.60 Å². The summed E-state index contributed by atoms with van der Waals surface area (Å²) in [6, 6.07) is 10.9. The second-order valence-electron chi connectivity index (χ2n) is 12.4. The van der Waals surface area contributed by atoms with E-state index in [2.05, 4.69) is 6.58 Å². The Kier molecular flexibility index (Phi) is 15.3. The monoisotopic (exact) mass is 700 g/mol. The zero-order valence-electron chi connectivity index (χ0n) is 29.7. The van der Waals surface area contributed by atoms with Crippen molar-refractivity contribution >= 4 is 17.7 Å². The quantitative estimate of drug-likeness (QED) is 0.0938. The number of ketones is 1. The summed E-state index contributed by atoms with van der Waals surface area (Å²) < 4.78 is 64.3. The van der Waals surface area contributed by atoms with Gasteiger partial charge in [-0.05, 0) is 96.2 Å². The van der Waals surface area contributed by atoms with Crippen molar-refractivity contribution in [3.8, 4) is 11.5 Å². The van der Waals surface area contributed by atoms with Crippen LogP contribution in [0.2, 0.25) is 0 Å². The van der Waals surface area contributed by atoms with E-state index in [9.17, 15) is 32.7 Å². The number of esters is 2. The molecule has 0 aliphatic heterocycles. The highest BCUT2D eigenvalue weighted by atomic mass is 19.4. The van der Waals surface area contributed by atoms with Crippen LogP contribution in [0.25, 0.3) is 0 Å². The van der Waals surface area contributed by atoms with E-state index in [4.69, 9.17) is 18.9 Å². The molecule has 3 atom stereocenters. The highest BCUT2D eigenvalue weighted by Gasteiger charge is 2.64. The van der Waals surface area contributed by atoms with E-state index in [0.29, 0.717) is 42.6 Å². The zero-order chi connectivity index (χ0) is 37.7. The van der Waals surface area contributed by atoms with Gasteiger partial charge in [-0.3, -0.25) is 9.59 Å². The van der Waals surface area contributed by atoms with Gasteiger partial charge in [-0.25, -0.2) is 4.79 Å². The predicted octanol–water partition coefficient (Wildman–Crippen LogP) is 8.44. The second-order valence-corrected chi connectivity index (χ2v) is 12.4. The molecule has 0 amide bonds. The summed E-state index contributed by atoms with van der Waals surface area (Å²) in [5.74, 6) is -2.46. The SMILES string of the molecule is C=CC(C)(CC/C=C(\C)CC/C=C(\C)C(=O)[C@H](C=C(C)C)OC(=O)[C@](OC)(c1ccccc1)C(F)(F)F)Oc1ccc(O)cc1CC(=O)OC. The summed E-state index contributed by atoms with van der Waals surface area (Å²) in [7, 11) is 2.05. The lowest BCUT2D eigenvalue weighted by atomic mass is 9.92. The number of allylic oxidation sites excluding steroid dienone is 4. The molecular formula is C39H47F3O8. The molecule has 0 aliphatic rings. The Morgan fingerprint density at radius 3 is 2.18 bits per heavy atom.